The fourth-order valence-corrected chi connectivity index (χ4v) is 4.00. The Bertz CT molecular complexity index is 859. The number of amides is 1. The van der Waals surface area contributed by atoms with Crippen molar-refractivity contribution in [1.82, 2.24) is 4.90 Å². The van der Waals surface area contributed by atoms with Crippen LogP contribution in [0.4, 0.5) is 0 Å². The Balaban J connectivity index is 1.43. The van der Waals surface area contributed by atoms with E-state index in [1.165, 1.54) is 0 Å². The zero-order valence-corrected chi connectivity index (χ0v) is 18.0. The third-order valence-corrected chi connectivity index (χ3v) is 6.17. The lowest BCUT2D eigenvalue weighted by atomic mass is 9.88. The van der Waals surface area contributed by atoms with Crippen molar-refractivity contribution in [3.8, 4) is 5.75 Å². The van der Waals surface area contributed by atoms with Crippen molar-refractivity contribution in [1.29, 1.82) is 0 Å². The number of hydrogen-bond donors (Lipinski definition) is 0. The highest BCUT2D eigenvalue weighted by Gasteiger charge is 2.27. The predicted octanol–water partition coefficient (Wildman–Crippen LogP) is 5.45. The average molecular weight is 434 g/mol. The zero-order valence-electron chi connectivity index (χ0n) is 16.5. The molecule has 1 aliphatic rings. The number of benzene rings is 2. The summed E-state index contributed by atoms with van der Waals surface area (Å²) in [5.74, 6) is 1.02. The summed E-state index contributed by atoms with van der Waals surface area (Å²) >= 11 is 12.0. The molecule has 3 rings (SSSR count). The Labute approximate surface area is 181 Å². The summed E-state index contributed by atoms with van der Waals surface area (Å²) in [5, 5.41) is 1.08. The number of Topliss-reactive ketones (excluding diaryl/α,β-unsaturated/α-hetero) is 1. The molecule has 2 aromatic rings. The average Bonchev–Trinajstić information content (AvgIpc) is 2.76. The van der Waals surface area contributed by atoms with Crippen LogP contribution >= 0.6 is 23.2 Å². The Morgan fingerprint density at radius 1 is 1.03 bits per heavy atom. The van der Waals surface area contributed by atoms with Crippen LogP contribution in [-0.2, 0) is 11.2 Å². The highest BCUT2D eigenvalue weighted by molar-refractivity contribution is 6.42. The lowest BCUT2D eigenvalue weighted by molar-refractivity contribution is -0.132. The van der Waals surface area contributed by atoms with Gasteiger partial charge in [0.1, 0.15) is 5.75 Å². The van der Waals surface area contributed by atoms with Crippen molar-refractivity contribution >= 4 is 34.9 Å². The van der Waals surface area contributed by atoms with Crippen LogP contribution in [0.5, 0.6) is 5.75 Å². The van der Waals surface area contributed by atoms with Crippen LogP contribution in [0, 0.1) is 5.92 Å². The molecule has 1 heterocycles. The summed E-state index contributed by atoms with van der Waals surface area (Å²) in [4.78, 5) is 27.1. The van der Waals surface area contributed by atoms with E-state index in [0.717, 1.165) is 24.2 Å². The number of halogens is 2. The van der Waals surface area contributed by atoms with Crippen LogP contribution in [0.1, 0.15) is 41.6 Å². The molecule has 0 spiro atoms. The Hall–Kier alpha value is -2.04. The molecule has 154 valence electrons. The normalized spacial score (nSPS) is 14.7. The second-order valence-electron chi connectivity index (χ2n) is 7.35. The Morgan fingerprint density at radius 3 is 2.34 bits per heavy atom. The minimum atomic E-state index is -0.0244. The molecular formula is C23H25Cl2NO3. The molecule has 0 bridgehead atoms. The van der Waals surface area contributed by atoms with Gasteiger partial charge in [-0.05, 0) is 67.6 Å². The van der Waals surface area contributed by atoms with Gasteiger partial charge in [-0.25, -0.2) is 0 Å². The van der Waals surface area contributed by atoms with Crippen molar-refractivity contribution in [2.45, 2.75) is 32.1 Å². The molecule has 0 aromatic heterocycles. The molecule has 0 atom stereocenters. The molecule has 0 N–H and O–H groups in total. The summed E-state index contributed by atoms with van der Waals surface area (Å²) in [6, 6.07) is 12.8. The van der Waals surface area contributed by atoms with Crippen molar-refractivity contribution in [2.24, 2.45) is 5.92 Å². The van der Waals surface area contributed by atoms with Crippen molar-refractivity contribution in [2.75, 3.05) is 20.2 Å². The molecule has 29 heavy (non-hydrogen) atoms. The quantitative estimate of drug-likeness (QED) is 0.545. The van der Waals surface area contributed by atoms with Crippen LogP contribution in [-0.4, -0.2) is 36.8 Å². The van der Waals surface area contributed by atoms with Gasteiger partial charge >= 0.3 is 0 Å². The van der Waals surface area contributed by atoms with E-state index in [1.54, 1.807) is 25.3 Å². The SMILES string of the molecule is COc1ccc(C(=O)C2CCN(C(=O)CCCc3ccc(Cl)c(Cl)c3)CC2)cc1. The van der Waals surface area contributed by atoms with Crippen molar-refractivity contribution in [3.05, 3.63) is 63.6 Å². The minimum Gasteiger partial charge on any atom is -0.497 e. The number of aryl methyl sites for hydroxylation is 1. The van der Waals surface area contributed by atoms with E-state index in [9.17, 15) is 9.59 Å². The standard InChI is InChI=1S/C23H25Cl2NO3/c1-29-19-8-6-17(7-9-19)23(28)18-11-13-26(14-12-18)22(27)4-2-3-16-5-10-20(24)21(25)15-16/h5-10,15,18H,2-4,11-14H2,1H3. The number of rotatable bonds is 7. The lowest BCUT2D eigenvalue weighted by Crippen LogP contribution is -2.40. The molecule has 2 aromatic carbocycles. The van der Waals surface area contributed by atoms with E-state index in [0.29, 0.717) is 48.0 Å². The van der Waals surface area contributed by atoms with E-state index in [2.05, 4.69) is 0 Å². The highest BCUT2D eigenvalue weighted by atomic mass is 35.5. The second-order valence-corrected chi connectivity index (χ2v) is 8.16. The van der Waals surface area contributed by atoms with Gasteiger partial charge in [0, 0.05) is 31.0 Å². The van der Waals surface area contributed by atoms with Gasteiger partial charge in [0.05, 0.1) is 17.2 Å². The summed E-state index contributed by atoms with van der Waals surface area (Å²) in [5.41, 5.74) is 1.79. The number of methoxy groups -OCH3 is 1. The van der Waals surface area contributed by atoms with Crippen molar-refractivity contribution < 1.29 is 14.3 Å². The third-order valence-electron chi connectivity index (χ3n) is 5.43. The molecular weight excluding hydrogens is 409 g/mol. The molecule has 6 heteroatoms. The second kappa shape index (κ2) is 10.1. The van der Waals surface area contributed by atoms with Crippen LogP contribution in [0.2, 0.25) is 10.0 Å². The van der Waals surface area contributed by atoms with Crippen LogP contribution in [0.15, 0.2) is 42.5 Å². The van der Waals surface area contributed by atoms with Crippen LogP contribution < -0.4 is 4.74 Å². The first-order valence-electron chi connectivity index (χ1n) is 9.88. The molecule has 0 aliphatic carbocycles. The lowest BCUT2D eigenvalue weighted by Gasteiger charge is -2.31. The van der Waals surface area contributed by atoms with E-state index in [-0.39, 0.29) is 17.6 Å². The Morgan fingerprint density at radius 2 is 1.72 bits per heavy atom. The number of likely N-dealkylation sites (tertiary alicyclic amines) is 1. The zero-order chi connectivity index (χ0) is 20.8. The number of ketones is 1. The summed E-state index contributed by atoms with van der Waals surface area (Å²) in [6.45, 7) is 1.27. The van der Waals surface area contributed by atoms with Gasteiger partial charge in [0.2, 0.25) is 5.91 Å². The monoisotopic (exact) mass is 433 g/mol. The van der Waals surface area contributed by atoms with E-state index < -0.39 is 0 Å². The fourth-order valence-electron chi connectivity index (χ4n) is 3.68. The topological polar surface area (TPSA) is 46.6 Å². The molecule has 1 aliphatic heterocycles. The number of ether oxygens (including phenoxy) is 1. The molecule has 1 saturated heterocycles. The van der Waals surface area contributed by atoms with Gasteiger partial charge in [-0.15, -0.1) is 0 Å². The molecule has 4 nitrogen and oxygen atoms in total. The summed E-state index contributed by atoms with van der Waals surface area (Å²) in [6.07, 6.45) is 3.47. The number of carbonyl (C=O) groups excluding carboxylic acids is 2. The van der Waals surface area contributed by atoms with Gasteiger partial charge in [0.25, 0.3) is 0 Å². The highest BCUT2D eigenvalue weighted by Crippen LogP contribution is 2.25. The number of piperidine rings is 1. The Kier molecular flexibility index (Phi) is 7.57. The maximum absolute atomic E-state index is 12.7. The van der Waals surface area contributed by atoms with Crippen molar-refractivity contribution in [3.63, 3.8) is 0 Å². The van der Waals surface area contributed by atoms with Gasteiger partial charge in [0.15, 0.2) is 5.78 Å². The molecule has 0 unspecified atom stereocenters. The van der Waals surface area contributed by atoms with Crippen LogP contribution in [0.3, 0.4) is 0 Å². The van der Waals surface area contributed by atoms with E-state index in [4.69, 9.17) is 27.9 Å². The minimum absolute atomic E-state index is 0.0244. The number of hydrogen-bond acceptors (Lipinski definition) is 3. The van der Waals surface area contributed by atoms with E-state index >= 15 is 0 Å². The number of nitrogens with zero attached hydrogens (tertiary/aromatic N) is 1. The molecule has 0 radical (unpaired) electrons. The molecule has 1 fully saturated rings. The summed E-state index contributed by atoms with van der Waals surface area (Å²) in [7, 11) is 1.61. The third kappa shape index (κ3) is 5.74. The molecule has 0 saturated carbocycles. The van der Waals surface area contributed by atoms with Gasteiger partial charge in [-0.3, -0.25) is 9.59 Å². The maximum Gasteiger partial charge on any atom is 0.222 e. The predicted molar refractivity (Wildman–Crippen MR) is 116 cm³/mol. The van der Waals surface area contributed by atoms with Crippen LogP contribution in [0.25, 0.3) is 0 Å². The first-order valence-corrected chi connectivity index (χ1v) is 10.6. The van der Waals surface area contributed by atoms with E-state index in [1.807, 2.05) is 29.2 Å². The first kappa shape index (κ1) is 21.7. The van der Waals surface area contributed by atoms with Gasteiger partial charge < -0.3 is 9.64 Å². The van der Waals surface area contributed by atoms with Gasteiger partial charge in [-0.1, -0.05) is 29.3 Å². The smallest absolute Gasteiger partial charge is 0.222 e. The molecule has 1 amide bonds. The first-order chi connectivity index (χ1) is 14.0. The fraction of sp³-hybridized carbons (Fsp3) is 0.391. The van der Waals surface area contributed by atoms with Gasteiger partial charge in [-0.2, -0.15) is 0 Å². The summed E-state index contributed by atoms with van der Waals surface area (Å²) < 4.78 is 5.14. The maximum atomic E-state index is 12.7. The number of carbonyl (C=O) groups is 2. The largest absolute Gasteiger partial charge is 0.497 e.